The van der Waals surface area contributed by atoms with E-state index in [1.807, 2.05) is 0 Å². The molecule has 0 unspecified atom stereocenters. The Bertz CT molecular complexity index is 1020. The van der Waals surface area contributed by atoms with E-state index in [0.717, 1.165) is 0 Å². The van der Waals surface area contributed by atoms with Crippen LogP contribution in [-0.4, -0.2) is 23.8 Å². The number of Topliss-reactive ketones (excluding diaryl/α,β-unsaturated/α-hetero) is 1. The highest BCUT2D eigenvalue weighted by atomic mass is 35.5. The molecule has 28 heavy (non-hydrogen) atoms. The first kappa shape index (κ1) is 19.4. The van der Waals surface area contributed by atoms with E-state index in [0.29, 0.717) is 39.1 Å². The van der Waals surface area contributed by atoms with E-state index in [1.54, 1.807) is 61.7 Å². The van der Waals surface area contributed by atoms with Crippen LogP contribution in [0.3, 0.4) is 0 Å². The van der Waals surface area contributed by atoms with Crippen molar-refractivity contribution in [2.75, 3.05) is 17.7 Å². The summed E-state index contributed by atoms with van der Waals surface area (Å²) in [6.45, 7) is 1.49. The molecule has 2 N–H and O–H groups in total. The van der Waals surface area contributed by atoms with E-state index in [9.17, 15) is 9.59 Å². The Hall–Kier alpha value is -3.38. The van der Waals surface area contributed by atoms with Crippen LogP contribution in [0.5, 0.6) is 5.75 Å². The molecule has 0 bridgehead atoms. The number of pyridine rings is 1. The number of hydrogen-bond donors (Lipinski definition) is 2. The standard InChI is InChI=1S/C21H18ClN3O3/c1-13(26)14-3-6-17(7-4-14)24-21(27)15-9-10-23-20(11-15)25-18-12-16(22)5-8-19(18)28-2/h3-12H,1-2H3,(H,23,25)(H,24,27). The molecule has 3 rings (SSSR count). The average molecular weight is 396 g/mol. The first-order chi connectivity index (χ1) is 13.5. The molecule has 0 fully saturated rings. The molecule has 0 spiro atoms. The van der Waals surface area contributed by atoms with Crippen molar-refractivity contribution in [3.8, 4) is 5.75 Å². The van der Waals surface area contributed by atoms with Gasteiger partial charge in [0.25, 0.3) is 5.91 Å². The molecular formula is C21H18ClN3O3. The summed E-state index contributed by atoms with van der Waals surface area (Å²) in [5.41, 5.74) is 2.25. The molecular weight excluding hydrogens is 378 g/mol. The highest BCUT2D eigenvalue weighted by Crippen LogP contribution is 2.30. The Balaban J connectivity index is 1.76. The molecule has 0 saturated carbocycles. The number of halogens is 1. The van der Waals surface area contributed by atoms with Gasteiger partial charge in [-0.3, -0.25) is 9.59 Å². The SMILES string of the molecule is COc1ccc(Cl)cc1Nc1cc(C(=O)Nc2ccc(C(C)=O)cc2)ccn1. The number of aromatic nitrogens is 1. The van der Waals surface area contributed by atoms with Crippen molar-refractivity contribution < 1.29 is 14.3 Å². The normalized spacial score (nSPS) is 10.2. The Kier molecular flexibility index (Phi) is 5.91. The number of ether oxygens (including phenoxy) is 1. The van der Waals surface area contributed by atoms with Crippen LogP contribution in [-0.2, 0) is 0 Å². The fourth-order valence-electron chi connectivity index (χ4n) is 2.55. The second-order valence-electron chi connectivity index (χ2n) is 5.99. The van der Waals surface area contributed by atoms with Crippen molar-refractivity contribution in [1.29, 1.82) is 0 Å². The summed E-state index contributed by atoms with van der Waals surface area (Å²) in [6, 6.07) is 15.1. The van der Waals surface area contributed by atoms with Crippen molar-refractivity contribution in [3.05, 3.63) is 76.9 Å². The van der Waals surface area contributed by atoms with Crippen molar-refractivity contribution in [1.82, 2.24) is 4.98 Å². The first-order valence-electron chi connectivity index (χ1n) is 8.45. The van der Waals surface area contributed by atoms with Crippen molar-refractivity contribution in [3.63, 3.8) is 0 Å². The number of ketones is 1. The van der Waals surface area contributed by atoms with Gasteiger partial charge in [0, 0.05) is 28.0 Å². The predicted molar refractivity (Wildman–Crippen MR) is 110 cm³/mol. The zero-order valence-corrected chi connectivity index (χ0v) is 16.1. The molecule has 1 aromatic heterocycles. The van der Waals surface area contributed by atoms with E-state index in [4.69, 9.17) is 16.3 Å². The van der Waals surface area contributed by atoms with Crippen LogP contribution >= 0.6 is 11.6 Å². The van der Waals surface area contributed by atoms with Gasteiger partial charge in [-0.25, -0.2) is 4.98 Å². The number of carbonyl (C=O) groups is 2. The highest BCUT2D eigenvalue weighted by molar-refractivity contribution is 6.31. The lowest BCUT2D eigenvalue weighted by Gasteiger charge is -2.12. The molecule has 2 aromatic carbocycles. The number of anilines is 3. The monoisotopic (exact) mass is 395 g/mol. The number of amides is 1. The van der Waals surface area contributed by atoms with Crippen LogP contribution in [0.15, 0.2) is 60.8 Å². The van der Waals surface area contributed by atoms with Gasteiger partial charge in [0.2, 0.25) is 0 Å². The van der Waals surface area contributed by atoms with Gasteiger partial charge in [-0.05, 0) is 61.5 Å². The molecule has 0 saturated heterocycles. The van der Waals surface area contributed by atoms with Crippen LogP contribution < -0.4 is 15.4 Å². The van der Waals surface area contributed by atoms with Crippen LogP contribution in [0, 0.1) is 0 Å². The quantitative estimate of drug-likeness (QED) is 0.577. The third-order valence-corrected chi connectivity index (χ3v) is 4.23. The van der Waals surface area contributed by atoms with Gasteiger partial charge >= 0.3 is 0 Å². The van der Waals surface area contributed by atoms with E-state index < -0.39 is 0 Å². The van der Waals surface area contributed by atoms with Gasteiger partial charge in [0.15, 0.2) is 5.78 Å². The second kappa shape index (κ2) is 8.54. The average Bonchev–Trinajstić information content (AvgIpc) is 2.69. The van der Waals surface area contributed by atoms with Gasteiger partial charge in [-0.2, -0.15) is 0 Å². The van der Waals surface area contributed by atoms with Gasteiger partial charge < -0.3 is 15.4 Å². The molecule has 1 heterocycles. The zero-order valence-electron chi connectivity index (χ0n) is 15.3. The second-order valence-corrected chi connectivity index (χ2v) is 6.42. The van der Waals surface area contributed by atoms with Crippen molar-refractivity contribution in [2.45, 2.75) is 6.92 Å². The summed E-state index contributed by atoms with van der Waals surface area (Å²) in [4.78, 5) is 28.1. The summed E-state index contributed by atoms with van der Waals surface area (Å²) in [5.74, 6) is 0.755. The smallest absolute Gasteiger partial charge is 0.255 e. The lowest BCUT2D eigenvalue weighted by molar-refractivity contribution is 0.101. The number of nitrogens with zero attached hydrogens (tertiary/aromatic N) is 1. The van der Waals surface area contributed by atoms with Crippen LogP contribution in [0.2, 0.25) is 5.02 Å². The summed E-state index contributed by atoms with van der Waals surface area (Å²) in [5, 5.41) is 6.45. The third-order valence-electron chi connectivity index (χ3n) is 4.00. The zero-order chi connectivity index (χ0) is 20.1. The Morgan fingerprint density at radius 3 is 2.43 bits per heavy atom. The highest BCUT2D eigenvalue weighted by Gasteiger charge is 2.10. The van der Waals surface area contributed by atoms with Crippen LogP contribution in [0.4, 0.5) is 17.2 Å². The number of hydrogen-bond acceptors (Lipinski definition) is 5. The summed E-state index contributed by atoms with van der Waals surface area (Å²) < 4.78 is 5.30. The topological polar surface area (TPSA) is 80.3 Å². The van der Waals surface area contributed by atoms with E-state index in [1.165, 1.54) is 13.1 Å². The van der Waals surface area contributed by atoms with Gasteiger partial charge in [-0.1, -0.05) is 11.6 Å². The fourth-order valence-corrected chi connectivity index (χ4v) is 2.72. The molecule has 1 amide bonds. The molecule has 0 aliphatic heterocycles. The molecule has 0 atom stereocenters. The first-order valence-corrected chi connectivity index (χ1v) is 8.83. The lowest BCUT2D eigenvalue weighted by atomic mass is 10.1. The summed E-state index contributed by atoms with van der Waals surface area (Å²) >= 11 is 6.04. The van der Waals surface area contributed by atoms with E-state index >= 15 is 0 Å². The number of methoxy groups -OCH3 is 1. The molecule has 7 heteroatoms. The minimum atomic E-state index is -0.293. The minimum absolute atomic E-state index is 0.0285. The van der Waals surface area contributed by atoms with E-state index in [2.05, 4.69) is 15.6 Å². The third kappa shape index (κ3) is 4.66. The Morgan fingerprint density at radius 1 is 1.00 bits per heavy atom. The largest absolute Gasteiger partial charge is 0.495 e. The summed E-state index contributed by atoms with van der Waals surface area (Å²) in [7, 11) is 1.56. The fraction of sp³-hybridized carbons (Fsp3) is 0.0952. The number of nitrogens with one attached hydrogen (secondary N) is 2. The lowest BCUT2D eigenvalue weighted by Crippen LogP contribution is -2.12. The van der Waals surface area contributed by atoms with Crippen LogP contribution in [0.1, 0.15) is 27.6 Å². The van der Waals surface area contributed by atoms with Crippen LogP contribution in [0.25, 0.3) is 0 Å². The van der Waals surface area contributed by atoms with Gasteiger partial charge in [-0.15, -0.1) is 0 Å². The molecule has 0 radical (unpaired) electrons. The van der Waals surface area contributed by atoms with Crippen molar-refractivity contribution >= 4 is 40.5 Å². The molecule has 3 aromatic rings. The minimum Gasteiger partial charge on any atom is -0.495 e. The van der Waals surface area contributed by atoms with Crippen molar-refractivity contribution in [2.24, 2.45) is 0 Å². The Labute approximate surface area is 167 Å². The van der Waals surface area contributed by atoms with E-state index in [-0.39, 0.29) is 11.7 Å². The molecule has 0 aliphatic carbocycles. The predicted octanol–water partition coefficient (Wildman–Crippen LogP) is 4.94. The molecule has 0 aliphatic rings. The maximum absolute atomic E-state index is 12.5. The summed E-state index contributed by atoms with van der Waals surface area (Å²) in [6.07, 6.45) is 1.53. The number of carbonyl (C=O) groups excluding carboxylic acids is 2. The Morgan fingerprint density at radius 2 is 1.75 bits per heavy atom. The number of benzene rings is 2. The van der Waals surface area contributed by atoms with Gasteiger partial charge in [0.05, 0.1) is 12.8 Å². The number of rotatable bonds is 6. The van der Waals surface area contributed by atoms with Gasteiger partial charge in [0.1, 0.15) is 11.6 Å². The maximum Gasteiger partial charge on any atom is 0.255 e. The molecule has 6 nitrogen and oxygen atoms in total. The maximum atomic E-state index is 12.5. The molecule has 142 valence electrons.